The molecule has 0 radical (unpaired) electrons. The van der Waals surface area contributed by atoms with Crippen LogP contribution in [0.25, 0.3) is 0 Å². The molecule has 3 nitrogen and oxygen atoms in total. The molecule has 0 bridgehead atoms. The van der Waals surface area contributed by atoms with Crippen molar-refractivity contribution in [2.24, 2.45) is 5.92 Å². The molecule has 19 heavy (non-hydrogen) atoms. The maximum Gasteiger partial charge on any atom is 0.166 e. The van der Waals surface area contributed by atoms with Gasteiger partial charge in [-0.3, -0.25) is 0 Å². The average molecular weight is 263 g/mol. The van der Waals surface area contributed by atoms with Crippen LogP contribution in [-0.4, -0.2) is 19.8 Å². The molecular formula is C16H25NO2. The minimum absolute atomic E-state index is 0.351. The Labute approximate surface area is 116 Å². The van der Waals surface area contributed by atoms with E-state index >= 15 is 0 Å². The molecule has 0 fully saturated rings. The summed E-state index contributed by atoms with van der Waals surface area (Å²) < 4.78 is 11.5. The second kappa shape index (κ2) is 6.80. The third-order valence-corrected chi connectivity index (χ3v) is 3.46. The maximum atomic E-state index is 5.82. The fraction of sp³-hybridized carbons (Fsp3) is 0.625. The van der Waals surface area contributed by atoms with Gasteiger partial charge in [0.25, 0.3) is 0 Å². The Morgan fingerprint density at radius 2 is 1.95 bits per heavy atom. The first kappa shape index (κ1) is 14.2. The van der Waals surface area contributed by atoms with Gasteiger partial charge in [-0.25, -0.2) is 0 Å². The lowest BCUT2D eigenvalue weighted by Crippen LogP contribution is -2.24. The van der Waals surface area contributed by atoms with Crippen molar-refractivity contribution in [1.29, 1.82) is 0 Å². The standard InChI is InChI=1S/C16H25NO2/c1-4-17-14(9-8-12(2)3)13-6-5-7-15-16(13)19-11-10-18-15/h5-7,12,14,17H,4,8-11H2,1-3H3. The van der Waals surface area contributed by atoms with Crippen molar-refractivity contribution in [2.75, 3.05) is 19.8 Å². The zero-order chi connectivity index (χ0) is 13.7. The third kappa shape index (κ3) is 3.63. The number of nitrogens with one attached hydrogen (secondary N) is 1. The molecule has 0 aromatic heterocycles. The molecule has 0 aliphatic carbocycles. The number of hydrogen-bond acceptors (Lipinski definition) is 3. The topological polar surface area (TPSA) is 30.5 Å². The molecule has 0 amide bonds. The van der Waals surface area contributed by atoms with Crippen LogP contribution in [0, 0.1) is 5.92 Å². The molecule has 1 aliphatic rings. The van der Waals surface area contributed by atoms with Crippen LogP contribution in [0.15, 0.2) is 18.2 Å². The second-order valence-electron chi connectivity index (χ2n) is 5.45. The van der Waals surface area contributed by atoms with Gasteiger partial charge in [0.05, 0.1) is 0 Å². The van der Waals surface area contributed by atoms with E-state index in [1.54, 1.807) is 0 Å². The van der Waals surface area contributed by atoms with Crippen LogP contribution in [0.3, 0.4) is 0 Å². The SMILES string of the molecule is CCNC(CCC(C)C)c1cccc2c1OCCO2. The van der Waals surface area contributed by atoms with E-state index in [1.165, 1.54) is 12.0 Å². The van der Waals surface area contributed by atoms with Gasteiger partial charge < -0.3 is 14.8 Å². The van der Waals surface area contributed by atoms with Crippen molar-refractivity contribution in [3.63, 3.8) is 0 Å². The van der Waals surface area contributed by atoms with Crippen molar-refractivity contribution in [3.8, 4) is 11.5 Å². The van der Waals surface area contributed by atoms with E-state index in [0.29, 0.717) is 19.3 Å². The summed E-state index contributed by atoms with van der Waals surface area (Å²) in [5.74, 6) is 2.54. The Morgan fingerprint density at radius 1 is 1.16 bits per heavy atom. The molecule has 1 atom stereocenters. The van der Waals surface area contributed by atoms with Gasteiger partial charge in [-0.15, -0.1) is 0 Å². The Kier molecular flexibility index (Phi) is 5.08. The van der Waals surface area contributed by atoms with E-state index in [4.69, 9.17) is 9.47 Å². The monoisotopic (exact) mass is 263 g/mol. The van der Waals surface area contributed by atoms with Gasteiger partial charge in [0.15, 0.2) is 11.5 Å². The van der Waals surface area contributed by atoms with Crippen molar-refractivity contribution < 1.29 is 9.47 Å². The predicted octanol–water partition coefficient (Wildman–Crippen LogP) is 3.54. The van der Waals surface area contributed by atoms with E-state index in [0.717, 1.165) is 30.4 Å². The first-order valence-electron chi connectivity index (χ1n) is 7.34. The molecule has 1 heterocycles. The quantitative estimate of drug-likeness (QED) is 0.851. The van der Waals surface area contributed by atoms with E-state index in [-0.39, 0.29) is 0 Å². The Bertz CT molecular complexity index is 404. The number of ether oxygens (including phenoxy) is 2. The lowest BCUT2D eigenvalue weighted by atomic mass is 9.96. The Balaban J connectivity index is 2.20. The van der Waals surface area contributed by atoms with Gasteiger partial charge in [0.1, 0.15) is 13.2 Å². The van der Waals surface area contributed by atoms with E-state index in [9.17, 15) is 0 Å². The molecule has 1 aliphatic heterocycles. The number of fused-ring (bicyclic) bond motifs is 1. The van der Waals surface area contributed by atoms with Crippen LogP contribution < -0.4 is 14.8 Å². The highest BCUT2D eigenvalue weighted by Gasteiger charge is 2.21. The molecular weight excluding hydrogens is 238 g/mol. The molecule has 1 aromatic carbocycles. The highest BCUT2D eigenvalue weighted by atomic mass is 16.6. The summed E-state index contributed by atoms with van der Waals surface area (Å²) in [6.45, 7) is 8.94. The minimum Gasteiger partial charge on any atom is -0.486 e. The number of hydrogen-bond donors (Lipinski definition) is 1. The second-order valence-corrected chi connectivity index (χ2v) is 5.45. The third-order valence-electron chi connectivity index (χ3n) is 3.46. The molecule has 1 aromatic rings. The molecule has 106 valence electrons. The van der Waals surface area contributed by atoms with Crippen molar-refractivity contribution >= 4 is 0 Å². The minimum atomic E-state index is 0.351. The van der Waals surface area contributed by atoms with Crippen LogP contribution in [0.1, 0.15) is 45.2 Å². The Morgan fingerprint density at radius 3 is 2.68 bits per heavy atom. The lowest BCUT2D eigenvalue weighted by molar-refractivity contribution is 0.168. The molecule has 0 saturated heterocycles. The maximum absolute atomic E-state index is 5.82. The van der Waals surface area contributed by atoms with Crippen molar-refractivity contribution in [2.45, 2.75) is 39.7 Å². The van der Waals surface area contributed by atoms with Crippen molar-refractivity contribution in [1.82, 2.24) is 5.32 Å². The summed E-state index contributed by atoms with van der Waals surface area (Å²) in [5, 5.41) is 3.57. The normalized spacial score (nSPS) is 15.6. The van der Waals surface area contributed by atoms with Crippen LogP contribution in [-0.2, 0) is 0 Å². The number of para-hydroxylation sites is 1. The fourth-order valence-corrected chi connectivity index (χ4v) is 2.48. The average Bonchev–Trinajstić information content (AvgIpc) is 2.43. The molecule has 3 heteroatoms. The Hall–Kier alpha value is -1.22. The van der Waals surface area contributed by atoms with Crippen LogP contribution >= 0.6 is 0 Å². The molecule has 1 unspecified atom stereocenters. The van der Waals surface area contributed by atoms with E-state index < -0.39 is 0 Å². The largest absolute Gasteiger partial charge is 0.486 e. The fourth-order valence-electron chi connectivity index (χ4n) is 2.48. The van der Waals surface area contributed by atoms with Crippen LogP contribution in [0.5, 0.6) is 11.5 Å². The zero-order valence-corrected chi connectivity index (χ0v) is 12.2. The molecule has 2 rings (SSSR count). The zero-order valence-electron chi connectivity index (χ0n) is 12.2. The number of rotatable bonds is 6. The molecule has 1 N–H and O–H groups in total. The van der Waals surface area contributed by atoms with Crippen molar-refractivity contribution in [3.05, 3.63) is 23.8 Å². The van der Waals surface area contributed by atoms with Gasteiger partial charge in [-0.2, -0.15) is 0 Å². The summed E-state index contributed by atoms with van der Waals surface area (Å²) in [6.07, 6.45) is 2.34. The highest BCUT2D eigenvalue weighted by Crippen LogP contribution is 2.38. The van der Waals surface area contributed by atoms with Crippen LogP contribution in [0.4, 0.5) is 0 Å². The predicted molar refractivity (Wildman–Crippen MR) is 77.9 cm³/mol. The summed E-state index contributed by atoms with van der Waals surface area (Å²) >= 11 is 0. The first-order valence-corrected chi connectivity index (χ1v) is 7.34. The van der Waals surface area contributed by atoms with Gasteiger partial charge in [-0.05, 0) is 31.4 Å². The summed E-state index contributed by atoms with van der Waals surface area (Å²) in [6, 6.07) is 6.55. The van der Waals surface area contributed by atoms with Crippen LogP contribution in [0.2, 0.25) is 0 Å². The highest BCUT2D eigenvalue weighted by molar-refractivity contribution is 5.48. The molecule has 0 saturated carbocycles. The summed E-state index contributed by atoms with van der Waals surface area (Å²) in [4.78, 5) is 0. The summed E-state index contributed by atoms with van der Waals surface area (Å²) in [7, 11) is 0. The number of benzene rings is 1. The first-order chi connectivity index (χ1) is 9.22. The summed E-state index contributed by atoms with van der Waals surface area (Å²) in [5.41, 5.74) is 1.24. The van der Waals surface area contributed by atoms with Gasteiger partial charge in [0, 0.05) is 11.6 Å². The smallest absolute Gasteiger partial charge is 0.166 e. The van der Waals surface area contributed by atoms with E-state index in [1.807, 2.05) is 6.07 Å². The van der Waals surface area contributed by atoms with Gasteiger partial charge >= 0.3 is 0 Å². The van der Waals surface area contributed by atoms with Gasteiger partial charge in [-0.1, -0.05) is 32.9 Å². The lowest BCUT2D eigenvalue weighted by Gasteiger charge is -2.26. The molecule has 0 spiro atoms. The van der Waals surface area contributed by atoms with E-state index in [2.05, 4.69) is 38.2 Å². The van der Waals surface area contributed by atoms with Gasteiger partial charge in [0.2, 0.25) is 0 Å².